The summed E-state index contributed by atoms with van der Waals surface area (Å²) < 4.78 is 39.6. The molecule has 0 radical (unpaired) electrons. The average Bonchev–Trinajstić information content (AvgIpc) is 2.92. The van der Waals surface area contributed by atoms with Crippen molar-refractivity contribution in [3.8, 4) is 11.3 Å². The van der Waals surface area contributed by atoms with Gasteiger partial charge in [0.05, 0.1) is 5.56 Å². The number of carbonyl (C=O) groups excluding carboxylic acids is 2. The standard InChI is InChI=1S/C16H16F3N3O2/c1-9-4-2-3-5-10(9)12-8-11(14(22-12)16(17,18)19)15(24)21-7-6-13(20)23/h2-5,8,22H,6-7H2,1H3,(H2,20,23)(H,21,24). The molecular weight excluding hydrogens is 323 g/mol. The van der Waals surface area contributed by atoms with Crippen LogP contribution in [0.2, 0.25) is 0 Å². The molecule has 0 unspecified atom stereocenters. The third-order valence-electron chi connectivity index (χ3n) is 3.44. The molecule has 0 fully saturated rings. The highest BCUT2D eigenvalue weighted by molar-refractivity contribution is 5.97. The summed E-state index contributed by atoms with van der Waals surface area (Å²) in [5, 5.41) is 2.26. The number of hydrogen-bond acceptors (Lipinski definition) is 2. The minimum Gasteiger partial charge on any atom is -0.370 e. The Bertz CT molecular complexity index is 766. The minimum atomic E-state index is -4.71. The normalized spacial score (nSPS) is 11.3. The maximum Gasteiger partial charge on any atom is 0.432 e. The molecule has 0 saturated heterocycles. The second kappa shape index (κ2) is 6.77. The molecule has 1 heterocycles. The largest absolute Gasteiger partial charge is 0.432 e. The first-order valence-electron chi connectivity index (χ1n) is 7.13. The number of nitrogens with one attached hydrogen (secondary N) is 2. The van der Waals surface area contributed by atoms with Crippen molar-refractivity contribution >= 4 is 11.8 Å². The lowest BCUT2D eigenvalue weighted by Crippen LogP contribution is -2.29. The molecule has 0 aliphatic rings. The van der Waals surface area contributed by atoms with Crippen LogP contribution in [0.3, 0.4) is 0 Å². The van der Waals surface area contributed by atoms with Gasteiger partial charge in [-0.15, -0.1) is 0 Å². The number of hydrogen-bond donors (Lipinski definition) is 3. The predicted octanol–water partition coefficient (Wildman–Crippen LogP) is 2.61. The molecule has 0 bridgehead atoms. The Morgan fingerprint density at radius 3 is 2.50 bits per heavy atom. The van der Waals surface area contributed by atoms with Gasteiger partial charge in [-0.25, -0.2) is 0 Å². The van der Waals surface area contributed by atoms with E-state index in [1.807, 2.05) is 0 Å². The van der Waals surface area contributed by atoms with Crippen LogP contribution in [0.25, 0.3) is 11.3 Å². The van der Waals surface area contributed by atoms with E-state index in [0.717, 1.165) is 11.6 Å². The van der Waals surface area contributed by atoms with Gasteiger partial charge in [0.2, 0.25) is 5.91 Å². The van der Waals surface area contributed by atoms with E-state index in [1.165, 1.54) is 0 Å². The first kappa shape index (κ1) is 17.6. The zero-order valence-electron chi connectivity index (χ0n) is 12.8. The molecule has 4 N–H and O–H groups in total. The first-order valence-corrected chi connectivity index (χ1v) is 7.13. The van der Waals surface area contributed by atoms with Crippen molar-refractivity contribution in [2.75, 3.05) is 6.54 Å². The van der Waals surface area contributed by atoms with Crippen molar-refractivity contribution in [3.05, 3.63) is 47.2 Å². The van der Waals surface area contributed by atoms with E-state index < -0.39 is 29.2 Å². The van der Waals surface area contributed by atoms with Crippen LogP contribution in [-0.2, 0) is 11.0 Å². The quantitative estimate of drug-likeness (QED) is 0.782. The van der Waals surface area contributed by atoms with Crippen molar-refractivity contribution in [2.24, 2.45) is 5.73 Å². The third-order valence-corrected chi connectivity index (χ3v) is 3.44. The summed E-state index contributed by atoms with van der Waals surface area (Å²) in [6.07, 6.45) is -4.86. The summed E-state index contributed by atoms with van der Waals surface area (Å²) in [6.45, 7) is 1.63. The molecule has 2 aromatic rings. The number of primary amides is 1. The van der Waals surface area contributed by atoms with Crippen molar-refractivity contribution in [2.45, 2.75) is 19.5 Å². The molecule has 0 spiro atoms. The number of benzene rings is 1. The zero-order valence-corrected chi connectivity index (χ0v) is 12.8. The fourth-order valence-corrected chi connectivity index (χ4v) is 2.27. The predicted molar refractivity (Wildman–Crippen MR) is 82.1 cm³/mol. The molecule has 0 saturated carbocycles. The summed E-state index contributed by atoms with van der Waals surface area (Å²) in [5.41, 5.74) is 4.82. The van der Waals surface area contributed by atoms with E-state index in [-0.39, 0.29) is 18.7 Å². The van der Waals surface area contributed by atoms with Gasteiger partial charge < -0.3 is 16.0 Å². The Morgan fingerprint density at radius 1 is 1.25 bits per heavy atom. The van der Waals surface area contributed by atoms with E-state index in [9.17, 15) is 22.8 Å². The van der Waals surface area contributed by atoms with Gasteiger partial charge in [-0.1, -0.05) is 24.3 Å². The van der Waals surface area contributed by atoms with E-state index >= 15 is 0 Å². The van der Waals surface area contributed by atoms with Gasteiger partial charge in [0, 0.05) is 24.2 Å². The van der Waals surface area contributed by atoms with Crippen molar-refractivity contribution in [1.82, 2.24) is 10.3 Å². The number of aromatic amines is 1. The Balaban J connectivity index is 2.38. The molecule has 2 rings (SSSR count). The average molecular weight is 339 g/mol. The van der Waals surface area contributed by atoms with E-state index in [1.54, 1.807) is 31.2 Å². The Kier molecular flexibility index (Phi) is 4.96. The summed E-state index contributed by atoms with van der Waals surface area (Å²) in [5.74, 6) is -1.57. The summed E-state index contributed by atoms with van der Waals surface area (Å²) in [7, 11) is 0. The zero-order chi connectivity index (χ0) is 17.9. The highest BCUT2D eigenvalue weighted by Crippen LogP contribution is 2.35. The number of alkyl halides is 3. The fraction of sp³-hybridized carbons (Fsp3) is 0.250. The third kappa shape index (κ3) is 3.95. The number of carbonyl (C=O) groups is 2. The lowest BCUT2D eigenvalue weighted by atomic mass is 10.1. The molecule has 0 aliphatic heterocycles. The molecule has 5 nitrogen and oxygen atoms in total. The number of rotatable bonds is 5. The van der Waals surface area contributed by atoms with Gasteiger partial charge in [0.25, 0.3) is 5.91 Å². The number of aromatic nitrogens is 1. The molecule has 0 aliphatic carbocycles. The lowest BCUT2D eigenvalue weighted by molar-refractivity contribution is -0.141. The van der Waals surface area contributed by atoms with Crippen LogP contribution < -0.4 is 11.1 Å². The molecule has 1 aromatic carbocycles. The number of nitrogens with two attached hydrogens (primary N) is 1. The molecule has 8 heteroatoms. The Labute approximate surface area is 136 Å². The molecule has 2 amide bonds. The topological polar surface area (TPSA) is 88.0 Å². The molecule has 24 heavy (non-hydrogen) atoms. The SMILES string of the molecule is Cc1ccccc1-c1cc(C(=O)NCCC(N)=O)c(C(F)(F)F)[nH]1. The van der Waals surface area contributed by atoms with Crippen LogP contribution in [-0.4, -0.2) is 23.3 Å². The number of H-pyrrole nitrogens is 1. The van der Waals surface area contributed by atoms with Gasteiger partial charge in [-0.2, -0.15) is 13.2 Å². The lowest BCUT2D eigenvalue weighted by Gasteiger charge is -2.08. The smallest absolute Gasteiger partial charge is 0.370 e. The maximum absolute atomic E-state index is 13.2. The first-order chi connectivity index (χ1) is 11.2. The second-order valence-electron chi connectivity index (χ2n) is 5.26. The highest BCUT2D eigenvalue weighted by atomic mass is 19.4. The molecule has 0 atom stereocenters. The monoisotopic (exact) mass is 339 g/mol. The van der Waals surface area contributed by atoms with Gasteiger partial charge in [-0.05, 0) is 18.6 Å². The van der Waals surface area contributed by atoms with E-state index in [4.69, 9.17) is 5.73 Å². The fourth-order valence-electron chi connectivity index (χ4n) is 2.27. The van der Waals surface area contributed by atoms with Gasteiger partial charge >= 0.3 is 6.18 Å². The molecular formula is C16H16F3N3O2. The summed E-state index contributed by atoms with van der Waals surface area (Å²) >= 11 is 0. The maximum atomic E-state index is 13.2. The van der Waals surface area contributed by atoms with Crippen molar-refractivity contribution < 1.29 is 22.8 Å². The summed E-state index contributed by atoms with van der Waals surface area (Å²) in [6, 6.07) is 8.05. The van der Waals surface area contributed by atoms with Crippen molar-refractivity contribution in [3.63, 3.8) is 0 Å². The van der Waals surface area contributed by atoms with Gasteiger partial charge in [0.1, 0.15) is 5.69 Å². The number of aryl methyl sites for hydroxylation is 1. The number of halogens is 3. The second-order valence-corrected chi connectivity index (χ2v) is 5.26. The van der Waals surface area contributed by atoms with Crippen LogP contribution in [0.1, 0.15) is 28.0 Å². The Hall–Kier alpha value is -2.77. The number of amides is 2. The molecule has 1 aromatic heterocycles. The van der Waals surface area contributed by atoms with E-state index in [2.05, 4.69) is 10.3 Å². The van der Waals surface area contributed by atoms with Crippen LogP contribution in [0.5, 0.6) is 0 Å². The van der Waals surface area contributed by atoms with Crippen LogP contribution in [0.4, 0.5) is 13.2 Å². The van der Waals surface area contributed by atoms with Crippen LogP contribution in [0.15, 0.2) is 30.3 Å². The van der Waals surface area contributed by atoms with Gasteiger partial charge in [0.15, 0.2) is 0 Å². The minimum absolute atomic E-state index is 0.129. The van der Waals surface area contributed by atoms with Crippen molar-refractivity contribution in [1.29, 1.82) is 0 Å². The van der Waals surface area contributed by atoms with E-state index in [0.29, 0.717) is 5.56 Å². The van der Waals surface area contributed by atoms with Gasteiger partial charge in [-0.3, -0.25) is 9.59 Å². The summed E-state index contributed by atoms with van der Waals surface area (Å²) in [4.78, 5) is 25.0. The van der Waals surface area contributed by atoms with Crippen LogP contribution >= 0.6 is 0 Å². The highest BCUT2D eigenvalue weighted by Gasteiger charge is 2.37. The molecule has 128 valence electrons. The van der Waals surface area contributed by atoms with Crippen LogP contribution in [0, 0.1) is 6.92 Å². The Morgan fingerprint density at radius 2 is 1.92 bits per heavy atom.